The molecule has 24 heavy (non-hydrogen) atoms. The highest BCUT2D eigenvalue weighted by molar-refractivity contribution is 7.90. The molecular formula is C16H16N2O5S. The van der Waals surface area contributed by atoms with Crippen LogP contribution >= 0.6 is 0 Å². The van der Waals surface area contributed by atoms with Crippen LogP contribution in [0.5, 0.6) is 0 Å². The number of nitro benzene ring substituents is 1. The zero-order valence-electron chi connectivity index (χ0n) is 13.1. The molecule has 2 rings (SSSR count). The number of nitro groups is 1. The Hall–Kier alpha value is -2.74. The van der Waals surface area contributed by atoms with Crippen molar-refractivity contribution >= 4 is 27.0 Å². The minimum absolute atomic E-state index is 0.185. The average Bonchev–Trinajstić information content (AvgIpc) is 2.52. The smallest absolute Gasteiger partial charge is 0.293 e. The molecule has 0 unspecified atom stereocenters. The number of sulfone groups is 1. The maximum Gasteiger partial charge on any atom is 0.293 e. The first-order valence-corrected chi connectivity index (χ1v) is 8.90. The quantitative estimate of drug-likeness (QED) is 0.489. The van der Waals surface area contributed by atoms with Gasteiger partial charge < -0.3 is 5.32 Å². The highest BCUT2D eigenvalue weighted by Gasteiger charge is 2.16. The third-order valence-electron chi connectivity index (χ3n) is 3.44. The summed E-state index contributed by atoms with van der Waals surface area (Å²) in [5.41, 5.74) is 1.14. The van der Waals surface area contributed by atoms with E-state index in [0.29, 0.717) is 0 Å². The van der Waals surface area contributed by atoms with Crippen LogP contribution < -0.4 is 5.32 Å². The maximum atomic E-state index is 11.4. The lowest BCUT2D eigenvalue weighted by molar-refractivity contribution is -0.384. The van der Waals surface area contributed by atoms with Crippen LogP contribution in [-0.2, 0) is 16.4 Å². The van der Waals surface area contributed by atoms with Crippen LogP contribution in [0.2, 0.25) is 0 Å². The number of carbonyl (C=O) groups is 1. The van der Waals surface area contributed by atoms with Crippen LogP contribution in [0.15, 0.2) is 47.4 Å². The molecule has 8 heteroatoms. The standard InChI is InChI=1S/C16H16N2O5S/c1-11(19)13-5-8-15(16(9-13)18(20)21)17-10-12-3-6-14(7-4-12)24(2,22)23/h3-9,17H,10H2,1-2H3. The van der Waals surface area contributed by atoms with Crippen LogP contribution in [-0.4, -0.2) is 25.4 Å². The summed E-state index contributed by atoms with van der Waals surface area (Å²) in [4.78, 5) is 22.1. The van der Waals surface area contributed by atoms with Gasteiger partial charge in [0.1, 0.15) is 5.69 Å². The Bertz CT molecular complexity index is 889. The Morgan fingerprint density at radius 1 is 1.17 bits per heavy atom. The minimum Gasteiger partial charge on any atom is -0.375 e. The van der Waals surface area contributed by atoms with E-state index in [0.717, 1.165) is 11.8 Å². The largest absolute Gasteiger partial charge is 0.375 e. The van der Waals surface area contributed by atoms with Gasteiger partial charge in [-0.25, -0.2) is 8.42 Å². The predicted octanol–water partition coefficient (Wildman–Crippen LogP) is 2.81. The van der Waals surface area contributed by atoms with Gasteiger partial charge in [-0.3, -0.25) is 14.9 Å². The number of anilines is 1. The third kappa shape index (κ3) is 4.17. The van der Waals surface area contributed by atoms with Crippen LogP contribution in [0.3, 0.4) is 0 Å². The number of nitrogens with zero attached hydrogens (tertiary/aromatic N) is 1. The van der Waals surface area contributed by atoms with E-state index in [-0.39, 0.29) is 34.2 Å². The van der Waals surface area contributed by atoms with Crippen molar-refractivity contribution in [2.45, 2.75) is 18.4 Å². The SMILES string of the molecule is CC(=O)c1ccc(NCc2ccc(S(C)(=O)=O)cc2)c([N+](=O)[O-])c1. The number of rotatable bonds is 6. The summed E-state index contributed by atoms with van der Waals surface area (Å²) in [5.74, 6) is -0.249. The van der Waals surface area contributed by atoms with Gasteiger partial charge in [0.05, 0.1) is 9.82 Å². The molecule has 0 amide bonds. The van der Waals surface area contributed by atoms with Crippen molar-refractivity contribution in [1.29, 1.82) is 0 Å². The van der Waals surface area contributed by atoms with E-state index < -0.39 is 14.8 Å². The molecule has 126 valence electrons. The molecule has 0 radical (unpaired) electrons. The summed E-state index contributed by atoms with van der Waals surface area (Å²) in [7, 11) is -3.26. The summed E-state index contributed by atoms with van der Waals surface area (Å²) in [5, 5.41) is 14.1. The van der Waals surface area contributed by atoms with Gasteiger partial charge in [0.25, 0.3) is 5.69 Å². The molecule has 0 aliphatic rings. The first kappa shape index (κ1) is 17.6. The average molecular weight is 348 g/mol. The molecule has 1 N–H and O–H groups in total. The third-order valence-corrected chi connectivity index (χ3v) is 4.56. The summed E-state index contributed by atoms with van der Waals surface area (Å²) in [6.45, 7) is 1.62. The molecular weight excluding hydrogens is 332 g/mol. The number of carbonyl (C=O) groups excluding carboxylic acids is 1. The lowest BCUT2D eigenvalue weighted by Gasteiger charge is -2.09. The fourth-order valence-corrected chi connectivity index (χ4v) is 2.73. The van der Waals surface area contributed by atoms with Crippen molar-refractivity contribution in [2.75, 3.05) is 11.6 Å². The van der Waals surface area contributed by atoms with Crippen molar-refractivity contribution in [2.24, 2.45) is 0 Å². The van der Waals surface area contributed by atoms with Gasteiger partial charge in [-0.2, -0.15) is 0 Å². The Kier molecular flexibility index (Phi) is 4.99. The number of benzene rings is 2. The fourth-order valence-electron chi connectivity index (χ4n) is 2.10. The van der Waals surface area contributed by atoms with E-state index in [2.05, 4.69) is 5.32 Å². The van der Waals surface area contributed by atoms with Gasteiger partial charge in [0.2, 0.25) is 0 Å². The minimum atomic E-state index is -3.26. The van der Waals surface area contributed by atoms with E-state index in [1.54, 1.807) is 12.1 Å². The number of Topliss-reactive ketones (excluding diaryl/α,β-unsaturated/α-hetero) is 1. The number of hydrogen-bond acceptors (Lipinski definition) is 6. The topological polar surface area (TPSA) is 106 Å². The van der Waals surface area contributed by atoms with E-state index in [9.17, 15) is 23.3 Å². The first-order valence-electron chi connectivity index (χ1n) is 7.01. The van der Waals surface area contributed by atoms with Gasteiger partial charge in [-0.1, -0.05) is 12.1 Å². The van der Waals surface area contributed by atoms with E-state index >= 15 is 0 Å². The van der Waals surface area contributed by atoms with Crippen LogP contribution in [0.25, 0.3) is 0 Å². The van der Waals surface area contributed by atoms with Crippen molar-refractivity contribution in [3.8, 4) is 0 Å². The summed E-state index contributed by atoms with van der Waals surface area (Å²) in [6.07, 6.45) is 1.13. The molecule has 0 heterocycles. The van der Waals surface area contributed by atoms with Crippen LogP contribution in [0, 0.1) is 10.1 Å². The second kappa shape index (κ2) is 6.79. The van der Waals surface area contributed by atoms with Gasteiger partial charge >= 0.3 is 0 Å². The van der Waals surface area contributed by atoms with Gasteiger partial charge in [0.15, 0.2) is 15.6 Å². The zero-order valence-corrected chi connectivity index (χ0v) is 14.0. The lowest BCUT2D eigenvalue weighted by atomic mass is 10.1. The van der Waals surface area contributed by atoms with Crippen molar-refractivity contribution in [1.82, 2.24) is 0 Å². The Morgan fingerprint density at radius 2 is 1.79 bits per heavy atom. The van der Waals surface area contributed by atoms with E-state index in [1.807, 2.05) is 0 Å². The molecule has 0 saturated carbocycles. The Labute approximate surface area is 139 Å². The highest BCUT2D eigenvalue weighted by Crippen LogP contribution is 2.26. The van der Waals surface area contributed by atoms with Crippen LogP contribution in [0.4, 0.5) is 11.4 Å². The summed E-state index contributed by atoms with van der Waals surface area (Å²) < 4.78 is 22.8. The normalized spacial score (nSPS) is 11.1. The maximum absolute atomic E-state index is 11.4. The Balaban J connectivity index is 2.20. The molecule has 2 aromatic rings. The van der Waals surface area contributed by atoms with Crippen LogP contribution in [0.1, 0.15) is 22.8 Å². The van der Waals surface area contributed by atoms with Gasteiger partial charge in [-0.15, -0.1) is 0 Å². The lowest BCUT2D eigenvalue weighted by Crippen LogP contribution is -2.05. The molecule has 0 spiro atoms. The monoisotopic (exact) mass is 348 g/mol. The molecule has 0 bridgehead atoms. The van der Waals surface area contributed by atoms with E-state index in [1.165, 1.54) is 37.3 Å². The Morgan fingerprint density at radius 3 is 2.29 bits per heavy atom. The molecule has 2 aromatic carbocycles. The molecule has 0 aliphatic heterocycles. The fraction of sp³-hybridized carbons (Fsp3) is 0.188. The second-order valence-electron chi connectivity index (χ2n) is 5.31. The number of hydrogen-bond donors (Lipinski definition) is 1. The second-order valence-corrected chi connectivity index (χ2v) is 7.33. The highest BCUT2D eigenvalue weighted by atomic mass is 32.2. The molecule has 0 saturated heterocycles. The van der Waals surface area contributed by atoms with Gasteiger partial charge in [-0.05, 0) is 36.8 Å². The predicted molar refractivity (Wildman–Crippen MR) is 90.0 cm³/mol. The number of ketones is 1. The zero-order chi connectivity index (χ0) is 17.9. The molecule has 0 fully saturated rings. The van der Waals surface area contributed by atoms with Crippen molar-refractivity contribution in [3.05, 3.63) is 63.7 Å². The first-order chi connectivity index (χ1) is 11.2. The molecule has 0 aliphatic carbocycles. The van der Waals surface area contributed by atoms with Gasteiger partial charge in [0, 0.05) is 24.4 Å². The molecule has 7 nitrogen and oxygen atoms in total. The van der Waals surface area contributed by atoms with Crippen molar-refractivity contribution in [3.63, 3.8) is 0 Å². The summed E-state index contributed by atoms with van der Waals surface area (Å²) >= 11 is 0. The van der Waals surface area contributed by atoms with Crippen molar-refractivity contribution < 1.29 is 18.1 Å². The molecule has 0 aromatic heterocycles. The number of nitrogens with one attached hydrogen (secondary N) is 1. The van der Waals surface area contributed by atoms with E-state index in [4.69, 9.17) is 0 Å². The molecule has 0 atom stereocenters. The summed E-state index contributed by atoms with van der Waals surface area (Å²) in [6, 6.07) is 10.5.